The van der Waals surface area contributed by atoms with Crippen LogP contribution in [-0.2, 0) is 14.3 Å². The quantitative estimate of drug-likeness (QED) is 0.452. The van der Waals surface area contributed by atoms with E-state index in [2.05, 4.69) is 0 Å². The molecule has 7 heteroatoms. The van der Waals surface area contributed by atoms with Gasteiger partial charge in [-0.3, -0.25) is 0 Å². The van der Waals surface area contributed by atoms with E-state index in [1.807, 2.05) is 6.07 Å². The van der Waals surface area contributed by atoms with Crippen LogP contribution in [-0.4, -0.2) is 56.3 Å². The smallest absolute Gasteiger partial charge is 0.335 e. The van der Waals surface area contributed by atoms with Crippen LogP contribution in [0.2, 0.25) is 0 Å². The molecule has 1 saturated carbocycles. The number of aliphatic hydroxyl groups excluding tert-OH is 2. The minimum atomic E-state index is -2.23. The SMILES string of the molecule is O=C(/C=C/c1ccccc1)OC1[C@H](O)CC(O)(C(=O)O)C[C@@H]1O. The van der Waals surface area contributed by atoms with Gasteiger partial charge in [0.1, 0.15) is 0 Å². The lowest BCUT2D eigenvalue weighted by Crippen LogP contribution is -2.57. The van der Waals surface area contributed by atoms with E-state index in [0.29, 0.717) is 0 Å². The van der Waals surface area contributed by atoms with Gasteiger partial charge in [0.25, 0.3) is 0 Å². The molecule has 4 atom stereocenters. The van der Waals surface area contributed by atoms with Crippen molar-refractivity contribution in [2.75, 3.05) is 0 Å². The molecule has 7 nitrogen and oxygen atoms in total. The summed E-state index contributed by atoms with van der Waals surface area (Å²) in [6.07, 6.45) is -2.64. The van der Waals surface area contributed by atoms with Gasteiger partial charge in [0, 0.05) is 18.9 Å². The fraction of sp³-hybridized carbons (Fsp3) is 0.375. The summed E-state index contributed by atoms with van der Waals surface area (Å²) in [5.41, 5.74) is -1.46. The van der Waals surface area contributed by atoms with Crippen molar-refractivity contribution in [1.29, 1.82) is 0 Å². The Morgan fingerprint density at radius 2 is 1.70 bits per heavy atom. The average molecular weight is 322 g/mol. The Morgan fingerprint density at radius 3 is 2.22 bits per heavy atom. The number of esters is 1. The van der Waals surface area contributed by atoms with Crippen LogP contribution >= 0.6 is 0 Å². The summed E-state index contributed by atoms with van der Waals surface area (Å²) >= 11 is 0. The molecule has 0 aromatic heterocycles. The van der Waals surface area contributed by atoms with Crippen molar-refractivity contribution < 1.29 is 34.8 Å². The van der Waals surface area contributed by atoms with Crippen LogP contribution in [0.5, 0.6) is 0 Å². The van der Waals surface area contributed by atoms with Gasteiger partial charge in [0.15, 0.2) is 11.7 Å². The van der Waals surface area contributed by atoms with Gasteiger partial charge in [0.05, 0.1) is 12.2 Å². The first-order valence-corrected chi connectivity index (χ1v) is 7.07. The molecule has 0 spiro atoms. The third-order valence-corrected chi connectivity index (χ3v) is 3.71. The van der Waals surface area contributed by atoms with Crippen molar-refractivity contribution in [3.05, 3.63) is 42.0 Å². The first-order valence-electron chi connectivity index (χ1n) is 7.07. The fourth-order valence-corrected chi connectivity index (χ4v) is 2.50. The molecule has 2 unspecified atom stereocenters. The maximum Gasteiger partial charge on any atom is 0.335 e. The molecule has 1 aromatic carbocycles. The van der Waals surface area contributed by atoms with Gasteiger partial charge in [-0.2, -0.15) is 0 Å². The van der Waals surface area contributed by atoms with Gasteiger partial charge in [-0.05, 0) is 11.6 Å². The number of rotatable bonds is 4. The Balaban J connectivity index is 1.99. The van der Waals surface area contributed by atoms with Crippen LogP contribution in [0.4, 0.5) is 0 Å². The van der Waals surface area contributed by atoms with Crippen LogP contribution in [0, 0.1) is 0 Å². The third kappa shape index (κ3) is 4.16. The highest BCUT2D eigenvalue weighted by Gasteiger charge is 2.50. The maximum atomic E-state index is 11.8. The molecule has 1 fully saturated rings. The molecular formula is C16H18O7. The lowest BCUT2D eigenvalue weighted by Gasteiger charge is -2.39. The molecule has 0 saturated heterocycles. The third-order valence-electron chi connectivity index (χ3n) is 3.71. The number of aliphatic carboxylic acids is 1. The Bertz CT molecular complexity index is 584. The highest BCUT2D eigenvalue weighted by molar-refractivity contribution is 5.87. The molecule has 1 aliphatic rings. The van der Waals surface area contributed by atoms with Crippen LogP contribution in [0.1, 0.15) is 18.4 Å². The van der Waals surface area contributed by atoms with E-state index in [4.69, 9.17) is 9.84 Å². The summed E-state index contributed by atoms with van der Waals surface area (Å²) < 4.78 is 4.98. The molecule has 4 N–H and O–H groups in total. The van der Waals surface area contributed by atoms with Crippen molar-refractivity contribution in [3.8, 4) is 0 Å². The summed E-state index contributed by atoms with van der Waals surface area (Å²) in [5.74, 6) is -2.32. The molecule has 124 valence electrons. The monoisotopic (exact) mass is 322 g/mol. The van der Waals surface area contributed by atoms with Crippen molar-refractivity contribution >= 4 is 18.0 Å². The van der Waals surface area contributed by atoms with E-state index in [1.54, 1.807) is 24.3 Å². The second kappa shape index (κ2) is 6.91. The summed E-state index contributed by atoms with van der Waals surface area (Å²) in [6, 6.07) is 8.98. The number of hydrogen-bond donors (Lipinski definition) is 4. The standard InChI is InChI=1S/C16H18O7/c17-11-8-16(22,15(20)21)9-12(18)14(11)23-13(19)7-6-10-4-2-1-3-5-10/h1-7,11-12,14,17-18,22H,8-9H2,(H,20,21)/b7-6+/t11-,12+,14?,16?. The predicted molar refractivity (Wildman–Crippen MR) is 79.2 cm³/mol. The van der Waals surface area contributed by atoms with E-state index in [0.717, 1.165) is 11.6 Å². The van der Waals surface area contributed by atoms with E-state index < -0.39 is 48.7 Å². The number of carbonyl (C=O) groups is 2. The van der Waals surface area contributed by atoms with Gasteiger partial charge >= 0.3 is 11.9 Å². The number of benzene rings is 1. The maximum absolute atomic E-state index is 11.8. The van der Waals surface area contributed by atoms with Crippen LogP contribution in [0.25, 0.3) is 6.08 Å². The predicted octanol–water partition coefficient (Wildman–Crippen LogP) is -0.0571. The Morgan fingerprint density at radius 1 is 1.13 bits per heavy atom. The van der Waals surface area contributed by atoms with Gasteiger partial charge in [-0.15, -0.1) is 0 Å². The van der Waals surface area contributed by atoms with Gasteiger partial charge in [-0.1, -0.05) is 30.3 Å². The lowest BCUT2D eigenvalue weighted by atomic mass is 9.79. The van der Waals surface area contributed by atoms with Crippen molar-refractivity contribution in [3.63, 3.8) is 0 Å². The number of carboxylic acid groups (broad SMARTS) is 1. The van der Waals surface area contributed by atoms with E-state index in [-0.39, 0.29) is 0 Å². The van der Waals surface area contributed by atoms with Crippen LogP contribution in [0.15, 0.2) is 36.4 Å². The first-order chi connectivity index (χ1) is 10.8. The zero-order chi connectivity index (χ0) is 17.0. The second-order valence-corrected chi connectivity index (χ2v) is 5.53. The van der Waals surface area contributed by atoms with Gasteiger partial charge in [0.2, 0.25) is 0 Å². The summed E-state index contributed by atoms with van der Waals surface area (Å²) in [6.45, 7) is 0. The van der Waals surface area contributed by atoms with Crippen molar-refractivity contribution in [2.45, 2.75) is 36.8 Å². The Labute approximate surface area is 132 Å². The number of carboxylic acids is 1. The average Bonchev–Trinajstić information content (AvgIpc) is 2.50. The Kier molecular flexibility index (Phi) is 5.15. The highest BCUT2D eigenvalue weighted by atomic mass is 16.6. The molecule has 0 radical (unpaired) electrons. The van der Waals surface area contributed by atoms with Gasteiger partial charge in [-0.25, -0.2) is 9.59 Å². The largest absolute Gasteiger partial charge is 0.479 e. The highest BCUT2D eigenvalue weighted by Crippen LogP contribution is 2.31. The molecule has 0 amide bonds. The topological polar surface area (TPSA) is 124 Å². The fourth-order valence-electron chi connectivity index (χ4n) is 2.50. The summed E-state index contributed by atoms with van der Waals surface area (Å²) in [5, 5.41) is 38.5. The second-order valence-electron chi connectivity index (χ2n) is 5.53. The van der Waals surface area contributed by atoms with Crippen molar-refractivity contribution in [1.82, 2.24) is 0 Å². The van der Waals surface area contributed by atoms with E-state index in [1.165, 1.54) is 6.08 Å². The Hall–Kier alpha value is -2.22. The van der Waals surface area contributed by atoms with Gasteiger partial charge < -0.3 is 25.2 Å². The molecule has 1 aromatic rings. The molecule has 0 bridgehead atoms. The number of hydrogen-bond acceptors (Lipinski definition) is 6. The van der Waals surface area contributed by atoms with E-state index in [9.17, 15) is 24.9 Å². The molecular weight excluding hydrogens is 304 g/mol. The van der Waals surface area contributed by atoms with Crippen LogP contribution in [0.3, 0.4) is 0 Å². The first kappa shape index (κ1) is 17.1. The number of aliphatic hydroxyl groups is 3. The molecule has 0 heterocycles. The zero-order valence-electron chi connectivity index (χ0n) is 12.2. The number of carbonyl (C=O) groups excluding carboxylic acids is 1. The minimum Gasteiger partial charge on any atom is -0.479 e. The lowest BCUT2D eigenvalue weighted by molar-refractivity contribution is -0.196. The van der Waals surface area contributed by atoms with E-state index >= 15 is 0 Å². The normalized spacial score (nSPS) is 31.0. The number of ether oxygens (including phenoxy) is 1. The summed E-state index contributed by atoms with van der Waals surface area (Å²) in [7, 11) is 0. The molecule has 1 aliphatic carbocycles. The molecule has 23 heavy (non-hydrogen) atoms. The molecule has 0 aliphatic heterocycles. The minimum absolute atomic E-state index is 0.528. The van der Waals surface area contributed by atoms with Crippen LogP contribution < -0.4 is 0 Å². The summed E-state index contributed by atoms with van der Waals surface area (Å²) in [4.78, 5) is 22.7. The molecule has 2 rings (SSSR count). The van der Waals surface area contributed by atoms with Crippen molar-refractivity contribution in [2.24, 2.45) is 0 Å². The zero-order valence-corrected chi connectivity index (χ0v) is 12.2.